The summed E-state index contributed by atoms with van der Waals surface area (Å²) in [5, 5.41) is 0.843. The van der Waals surface area contributed by atoms with E-state index in [0.29, 0.717) is 43.9 Å². The molecule has 38 heavy (non-hydrogen) atoms. The van der Waals surface area contributed by atoms with Crippen LogP contribution in [0.2, 0.25) is 0 Å². The first-order chi connectivity index (χ1) is 18.4. The lowest BCUT2D eigenvalue weighted by Gasteiger charge is -2.39. The molecule has 0 saturated carbocycles. The van der Waals surface area contributed by atoms with Gasteiger partial charge in [0, 0.05) is 50.1 Å². The van der Waals surface area contributed by atoms with Crippen LogP contribution < -0.4 is 15.1 Å². The second-order valence-corrected chi connectivity index (χ2v) is 10.4. The van der Waals surface area contributed by atoms with Crippen LogP contribution in [0.3, 0.4) is 0 Å². The minimum Gasteiger partial charge on any atom is -0.494 e. The Balaban J connectivity index is 1.05. The third-order valence-corrected chi connectivity index (χ3v) is 7.80. The van der Waals surface area contributed by atoms with Crippen LogP contribution in [0.1, 0.15) is 37.7 Å². The van der Waals surface area contributed by atoms with E-state index in [1.54, 1.807) is 12.1 Å². The van der Waals surface area contributed by atoms with Gasteiger partial charge in [-0.1, -0.05) is 18.2 Å². The van der Waals surface area contributed by atoms with E-state index in [1.807, 2.05) is 53.1 Å². The molecule has 3 aromatic rings. The molecule has 1 spiro atoms. The van der Waals surface area contributed by atoms with Gasteiger partial charge in [-0.3, -0.25) is 9.59 Å². The number of hydrogen-bond acceptors (Lipinski definition) is 6. The van der Waals surface area contributed by atoms with Crippen molar-refractivity contribution >= 4 is 22.8 Å². The molecular formula is C30H34N2O6. The van der Waals surface area contributed by atoms with Crippen molar-refractivity contribution in [3.8, 4) is 11.5 Å². The number of carbonyl (C=O) groups is 2. The first-order valence-electron chi connectivity index (χ1n) is 13.3. The van der Waals surface area contributed by atoms with E-state index >= 15 is 0 Å². The van der Waals surface area contributed by atoms with Gasteiger partial charge in [-0.05, 0) is 67.9 Å². The summed E-state index contributed by atoms with van der Waals surface area (Å²) in [6.45, 7) is 5.20. The number of nitrogens with zero attached hydrogens (tertiary/aromatic N) is 2. The number of rotatable bonds is 8. The SMILES string of the molecule is Cc1cc(=O)oc2cc(OCC(=O)N3CCC4(CCN(C(=O)CCCOc5ccccc5)CC4)C3)ccc12. The van der Waals surface area contributed by atoms with Gasteiger partial charge < -0.3 is 23.7 Å². The third kappa shape index (κ3) is 6.01. The molecule has 1 aromatic heterocycles. The lowest BCUT2D eigenvalue weighted by molar-refractivity contribution is -0.135. The van der Waals surface area contributed by atoms with Crippen LogP contribution in [-0.4, -0.2) is 61.0 Å². The molecule has 8 nitrogen and oxygen atoms in total. The highest BCUT2D eigenvalue weighted by molar-refractivity contribution is 5.82. The molecule has 0 radical (unpaired) electrons. The van der Waals surface area contributed by atoms with Crippen LogP contribution in [-0.2, 0) is 9.59 Å². The predicted molar refractivity (Wildman–Crippen MR) is 143 cm³/mol. The summed E-state index contributed by atoms with van der Waals surface area (Å²) in [6.07, 6.45) is 3.95. The monoisotopic (exact) mass is 518 g/mol. The maximum Gasteiger partial charge on any atom is 0.336 e. The number of fused-ring (bicyclic) bond motifs is 1. The first kappa shape index (κ1) is 25.8. The van der Waals surface area contributed by atoms with Gasteiger partial charge in [-0.2, -0.15) is 0 Å². The van der Waals surface area contributed by atoms with Gasteiger partial charge in [0.1, 0.15) is 17.1 Å². The zero-order chi connectivity index (χ0) is 26.5. The van der Waals surface area contributed by atoms with Crippen molar-refractivity contribution in [3.63, 3.8) is 0 Å². The van der Waals surface area contributed by atoms with Gasteiger partial charge in [-0.25, -0.2) is 4.79 Å². The fraction of sp³-hybridized carbons (Fsp3) is 0.433. The topological polar surface area (TPSA) is 89.3 Å². The molecule has 2 saturated heterocycles. The van der Waals surface area contributed by atoms with E-state index in [2.05, 4.69) is 0 Å². The quantitative estimate of drug-likeness (QED) is 0.328. The molecule has 2 aliphatic heterocycles. The molecule has 2 fully saturated rings. The Kier molecular flexibility index (Phi) is 7.67. The van der Waals surface area contributed by atoms with Crippen LogP contribution in [0, 0.1) is 12.3 Å². The molecule has 2 aliphatic rings. The maximum absolute atomic E-state index is 12.9. The number of carbonyl (C=O) groups excluding carboxylic acids is 2. The van der Waals surface area contributed by atoms with Crippen molar-refractivity contribution in [1.82, 2.24) is 9.80 Å². The molecule has 2 amide bonds. The molecule has 200 valence electrons. The zero-order valence-electron chi connectivity index (χ0n) is 21.8. The van der Waals surface area contributed by atoms with E-state index in [1.165, 1.54) is 6.07 Å². The second kappa shape index (κ2) is 11.3. The van der Waals surface area contributed by atoms with E-state index in [4.69, 9.17) is 13.9 Å². The third-order valence-electron chi connectivity index (χ3n) is 7.80. The summed E-state index contributed by atoms with van der Waals surface area (Å²) >= 11 is 0. The van der Waals surface area contributed by atoms with Gasteiger partial charge in [-0.15, -0.1) is 0 Å². The van der Waals surface area contributed by atoms with Crippen molar-refractivity contribution in [2.45, 2.75) is 39.0 Å². The number of aryl methyl sites for hydroxylation is 1. The molecule has 0 aliphatic carbocycles. The van der Waals surface area contributed by atoms with Crippen LogP contribution >= 0.6 is 0 Å². The maximum atomic E-state index is 12.9. The van der Waals surface area contributed by atoms with E-state index in [0.717, 1.165) is 49.1 Å². The highest BCUT2D eigenvalue weighted by Gasteiger charge is 2.42. The van der Waals surface area contributed by atoms with E-state index in [-0.39, 0.29) is 23.8 Å². The lowest BCUT2D eigenvalue weighted by atomic mass is 9.77. The molecule has 0 bridgehead atoms. The molecule has 3 heterocycles. The molecule has 2 aromatic carbocycles. The fourth-order valence-corrected chi connectivity index (χ4v) is 5.51. The molecule has 5 rings (SSSR count). The lowest BCUT2D eigenvalue weighted by Crippen LogP contribution is -2.45. The van der Waals surface area contributed by atoms with Crippen LogP contribution in [0.25, 0.3) is 11.0 Å². The Hall–Kier alpha value is -3.81. The van der Waals surface area contributed by atoms with Crippen molar-refractivity contribution in [3.05, 3.63) is 70.6 Å². The second-order valence-electron chi connectivity index (χ2n) is 10.4. The average Bonchev–Trinajstić information content (AvgIpc) is 3.33. The molecule has 8 heteroatoms. The summed E-state index contributed by atoms with van der Waals surface area (Å²) in [5.41, 5.74) is 0.957. The normalized spacial score (nSPS) is 16.7. The highest BCUT2D eigenvalue weighted by atomic mass is 16.5. The largest absolute Gasteiger partial charge is 0.494 e. The molecule has 0 unspecified atom stereocenters. The van der Waals surface area contributed by atoms with Crippen LogP contribution in [0.15, 0.2) is 63.8 Å². The minimum absolute atomic E-state index is 0.0513. The number of para-hydroxylation sites is 1. The van der Waals surface area contributed by atoms with Crippen molar-refractivity contribution in [2.75, 3.05) is 39.4 Å². The van der Waals surface area contributed by atoms with Crippen molar-refractivity contribution in [1.29, 1.82) is 0 Å². The van der Waals surface area contributed by atoms with Crippen LogP contribution in [0.4, 0.5) is 0 Å². The van der Waals surface area contributed by atoms with Crippen molar-refractivity contribution in [2.24, 2.45) is 5.41 Å². The van der Waals surface area contributed by atoms with Crippen LogP contribution in [0.5, 0.6) is 11.5 Å². The number of ether oxygens (including phenoxy) is 2. The highest BCUT2D eigenvalue weighted by Crippen LogP contribution is 2.40. The smallest absolute Gasteiger partial charge is 0.336 e. The number of benzene rings is 2. The fourth-order valence-electron chi connectivity index (χ4n) is 5.51. The summed E-state index contributed by atoms with van der Waals surface area (Å²) in [5.74, 6) is 1.45. The Morgan fingerprint density at radius 2 is 1.63 bits per heavy atom. The average molecular weight is 519 g/mol. The van der Waals surface area contributed by atoms with Gasteiger partial charge >= 0.3 is 5.63 Å². The Morgan fingerprint density at radius 3 is 2.39 bits per heavy atom. The zero-order valence-corrected chi connectivity index (χ0v) is 21.8. The number of hydrogen-bond donors (Lipinski definition) is 0. The molecule has 0 N–H and O–H groups in total. The van der Waals surface area contributed by atoms with Gasteiger partial charge in [0.2, 0.25) is 5.91 Å². The number of likely N-dealkylation sites (tertiary alicyclic amines) is 2. The summed E-state index contributed by atoms with van der Waals surface area (Å²) in [7, 11) is 0. The number of piperidine rings is 1. The first-order valence-corrected chi connectivity index (χ1v) is 13.3. The Bertz CT molecular complexity index is 1340. The summed E-state index contributed by atoms with van der Waals surface area (Å²) in [6, 6.07) is 16.4. The Labute approximate surface area is 222 Å². The van der Waals surface area contributed by atoms with Gasteiger partial charge in [0.15, 0.2) is 6.61 Å². The van der Waals surface area contributed by atoms with E-state index < -0.39 is 5.63 Å². The molecular weight excluding hydrogens is 484 g/mol. The number of amides is 2. The van der Waals surface area contributed by atoms with E-state index in [9.17, 15) is 14.4 Å². The Morgan fingerprint density at radius 1 is 0.895 bits per heavy atom. The summed E-state index contributed by atoms with van der Waals surface area (Å²) in [4.78, 5) is 41.1. The summed E-state index contributed by atoms with van der Waals surface area (Å²) < 4.78 is 16.7. The predicted octanol–water partition coefficient (Wildman–Crippen LogP) is 4.18. The standard InChI is InChI=1S/C30H34N2O6/c1-22-18-29(35)38-26-19-24(9-10-25(22)26)37-20-28(34)32-16-13-30(21-32)11-14-31(15-12-30)27(33)8-5-17-36-23-6-3-2-4-7-23/h2-4,6-7,9-10,18-19H,5,8,11-17,20-21H2,1H3. The van der Waals surface area contributed by atoms with Gasteiger partial charge in [0.25, 0.3) is 5.91 Å². The molecule has 0 atom stereocenters. The van der Waals surface area contributed by atoms with Gasteiger partial charge in [0.05, 0.1) is 6.61 Å². The van der Waals surface area contributed by atoms with Crippen molar-refractivity contribution < 1.29 is 23.5 Å². The minimum atomic E-state index is -0.407.